The zero-order chi connectivity index (χ0) is 14.2. The molecule has 1 aromatic carbocycles. The maximum Gasteiger partial charge on any atom is 0.0810 e. The Bertz CT molecular complexity index is 503. The maximum absolute atomic E-state index is 10.3. The second-order valence-electron chi connectivity index (χ2n) is 5.72. The van der Waals surface area contributed by atoms with Gasteiger partial charge in [-0.3, -0.25) is 0 Å². The van der Waals surface area contributed by atoms with Gasteiger partial charge in [-0.2, -0.15) is 0 Å². The number of H-pyrrole nitrogens is 1. The summed E-state index contributed by atoms with van der Waals surface area (Å²) in [6, 6.07) is 8.18. The van der Waals surface area contributed by atoms with Gasteiger partial charge in [0.15, 0.2) is 0 Å². The third-order valence-electron chi connectivity index (χ3n) is 4.06. The summed E-state index contributed by atoms with van der Waals surface area (Å²) in [4.78, 5) is 3.23. The number of rotatable bonds is 9. The first-order valence-electron chi connectivity index (χ1n) is 8.07. The van der Waals surface area contributed by atoms with E-state index in [0.717, 1.165) is 29.3 Å². The average Bonchev–Trinajstić information content (AvgIpc) is 2.90. The van der Waals surface area contributed by atoms with Crippen molar-refractivity contribution in [3.63, 3.8) is 0 Å². The fourth-order valence-corrected chi connectivity index (χ4v) is 2.82. The number of unbranched alkanes of at least 4 members (excludes halogenated alkanes) is 6. The topological polar surface area (TPSA) is 36.0 Å². The third kappa shape index (κ3) is 4.11. The van der Waals surface area contributed by atoms with Crippen LogP contribution in [0.25, 0.3) is 10.9 Å². The second-order valence-corrected chi connectivity index (χ2v) is 5.72. The second kappa shape index (κ2) is 8.11. The Hall–Kier alpha value is -1.28. The van der Waals surface area contributed by atoms with Gasteiger partial charge < -0.3 is 10.1 Å². The predicted octanol–water partition coefficient (Wildman–Crippen LogP) is 5.34. The summed E-state index contributed by atoms with van der Waals surface area (Å²) >= 11 is 0. The van der Waals surface area contributed by atoms with Gasteiger partial charge in [-0.05, 0) is 12.5 Å². The maximum atomic E-state index is 10.3. The van der Waals surface area contributed by atoms with Gasteiger partial charge in [-0.25, -0.2) is 0 Å². The number of fused-ring (bicyclic) bond motifs is 1. The van der Waals surface area contributed by atoms with Crippen LogP contribution < -0.4 is 0 Å². The van der Waals surface area contributed by atoms with Gasteiger partial charge in [0, 0.05) is 22.7 Å². The molecule has 2 rings (SSSR count). The summed E-state index contributed by atoms with van der Waals surface area (Å²) in [6.45, 7) is 2.25. The summed E-state index contributed by atoms with van der Waals surface area (Å²) < 4.78 is 0. The molecule has 2 aromatic rings. The Morgan fingerprint density at radius 3 is 2.50 bits per heavy atom. The standard InChI is InChI=1S/C18H27NO/c1-2-3-4-5-6-7-8-13-18(20)16-14-19-17-12-10-9-11-15(16)17/h9-12,14,18-20H,2-8,13H2,1H3. The number of nitrogens with one attached hydrogen (secondary N) is 1. The summed E-state index contributed by atoms with van der Waals surface area (Å²) in [5.41, 5.74) is 2.16. The minimum Gasteiger partial charge on any atom is -0.388 e. The lowest BCUT2D eigenvalue weighted by atomic mass is 10.0. The number of benzene rings is 1. The van der Waals surface area contributed by atoms with Gasteiger partial charge in [0.05, 0.1) is 6.10 Å². The van der Waals surface area contributed by atoms with Crippen LogP contribution in [0.3, 0.4) is 0 Å². The largest absolute Gasteiger partial charge is 0.388 e. The van der Waals surface area contributed by atoms with E-state index in [1.807, 2.05) is 18.3 Å². The molecule has 0 spiro atoms. The van der Waals surface area contributed by atoms with Gasteiger partial charge in [-0.1, -0.05) is 70.1 Å². The third-order valence-corrected chi connectivity index (χ3v) is 4.06. The number of hydrogen-bond donors (Lipinski definition) is 2. The normalized spacial score (nSPS) is 12.9. The van der Waals surface area contributed by atoms with Crippen LogP contribution in [0.4, 0.5) is 0 Å². The van der Waals surface area contributed by atoms with Gasteiger partial charge >= 0.3 is 0 Å². The van der Waals surface area contributed by atoms with Crippen LogP contribution in [0, 0.1) is 0 Å². The van der Waals surface area contributed by atoms with Crippen molar-refractivity contribution in [1.29, 1.82) is 0 Å². The lowest BCUT2D eigenvalue weighted by Gasteiger charge is -2.09. The number of aliphatic hydroxyl groups excluding tert-OH is 1. The van der Waals surface area contributed by atoms with Gasteiger partial charge in [-0.15, -0.1) is 0 Å². The minimum atomic E-state index is -0.332. The van der Waals surface area contributed by atoms with Gasteiger partial charge in [0.25, 0.3) is 0 Å². The van der Waals surface area contributed by atoms with Crippen molar-refractivity contribution in [3.8, 4) is 0 Å². The van der Waals surface area contributed by atoms with Crippen LogP contribution in [0.1, 0.15) is 70.0 Å². The fraction of sp³-hybridized carbons (Fsp3) is 0.556. The molecule has 0 bridgehead atoms. The van der Waals surface area contributed by atoms with E-state index < -0.39 is 0 Å². The highest BCUT2D eigenvalue weighted by atomic mass is 16.3. The summed E-state index contributed by atoms with van der Waals surface area (Å²) in [5.74, 6) is 0. The molecule has 1 heterocycles. The number of aliphatic hydroxyl groups is 1. The lowest BCUT2D eigenvalue weighted by molar-refractivity contribution is 0.165. The first kappa shape index (κ1) is 15.1. The summed E-state index contributed by atoms with van der Waals surface area (Å²) in [5, 5.41) is 11.5. The fourth-order valence-electron chi connectivity index (χ4n) is 2.82. The van der Waals surface area contributed by atoms with Crippen LogP contribution in [-0.4, -0.2) is 10.1 Å². The molecule has 1 aromatic heterocycles. The average molecular weight is 273 g/mol. The Kier molecular flexibility index (Phi) is 6.13. The number of hydrogen-bond acceptors (Lipinski definition) is 1. The molecule has 0 radical (unpaired) electrons. The van der Waals surface area contributed by atoms with Gasteiger partial charge in [0.2, 0.25) is 0 Å². The van der Waals surface area contributed by atoms with E-state index in [2.05, 4.69) is 24.0 Å². The number of aromatic nitrogens is 1. The molecule has 110 valence electrons. The van der Waals surface area contributed by atoms with E-state index in [1.54, 1.807) is 0 Å². The highest BCUT2D eigenvalue weighted by Gasteiger charge is 2.12. The Morgan fingerprint density at radius 2 is 1.70 bits per heavy atom. The number of para-hydroxylation sites is 1. The molecule has 1 atom stereocenters. The molecule has 1 unspecified atom stereocenters. The molecule has 0 aliphatic rings. The quantitative estimate of drug-likeness (QED) is 0.594. The van der Waals surface area contributed by atoms with E-state index in [4.69, 9.17) is 0 Å². The van der Waals surface area contributed by atoms with Crippen LogP contribution in [0.2, 0.25) is 0 Å². The highest BCUT2D eigenvalue weighted by molar-refractivity contribution is 5.83. The van der Waals surface area contributed by atoms with E-state index in [0.29, 0.717) is 0 Å². The molecule has 0 aliphatic heterocycles. The van der Waals surface area contributed by atoms with Crippen molar-refractivity contribution in [2.24, 2.45) is 0 Å². The summed E-state index contributed by atoms with van der Waals surface area (Å²) in [7, 11) is 0. The molecular formula is C18H27NO. The van der Waals surface area contributed by atoms with Crippen LogP contribution in [-0.2, 0) is 0 Å². The highest BCUT2D eigenvalue weighted by Crippen LogP contribution is 2.27. The van der Waals surface area contributed by atoms with Crippen LogP contribution in [0.5, 0.6) is 0 Å². The van der Waals surface area contributed by atoms with Crippen molar-refractivity contribution in [3.05, 3.63) is 36.0 Å². The molecule has 0 amide bonds. The van der Waals surface area contributed by atoms with Crippen molar-refractivity contribution < 1.29 is 5.11 Å². The van der Waals surface area contributed by atoms with Crippen molar-refractivity contribution in [1.82, 2.24) is 4.98 Å². The van der Waals surface area contributed by atoms with Crippen molar-refractivity contribution in [2.75, 3.05) is 0 Å². The molecule has 2 heteroatoms. The molecule has 2 N–H and O–H groups in total. The number of aromatic amines is 1. The van der Waals surface area contributed by atoms with E-state index in [9.17, 15) is 5.11 Å². The van der Waals surface area contributed by atoms with Crippen molar-refractivity contribution >= 4 is 10.9 Å². The Labute approximate surface area is 122 Å². The molecule has 2 nitrogen and oxygen atoms in total. The molecule has 0 aliphatic carbocycles. The predicted molar refractivity (Wildman–Crippen MR) is 85.9 cm³/mol. The van der Waals surface area contributed by atoms with E-state index >= 15 is 0 Å². The van der Waals surface area contributed by atoms with E-state index in [1.165, 1.54) is 38.5 Å². The molecule has 0 saturated heterocycles. The molecule has 20 heavy (non-hydrogen) atoms. The monoisotopic (exact) mass is 273 g/mol. The van der Waals surface area contributed by atoms with Gasteiger partial charge in [0.1, 0.15) is 0 Å². The zero-order valence-corrected chi connectivity index (χ0v) is 12.6. The zero-order valence-electron chi connectivity index (χ0n) is 12.6. The SMILES string of the molecule is CCCCCCCCCC(O)c1c[nH]c2ccccc12. The molecular weight excluding hydrogens is 246 g/mol. The van der Waals surface area contributed by atoms with Crippen molar-refractivity contribution in [2.45, 2.75) is 64.4 Å². The smallest absolute Gasteiger partial charge is 0.0810 e. The van der Waals surface area contributed by atoms with Crippen LogP contribution in [0.15, 0.2) is 30.5 Å². The first-order chi connectivity index (χ1) is 9.83. The molecule has 0 saturated carbocycles. The molecule has 0 fully saturated rings. The first-order valence-corrected chi connectivity index (χ1v) is 8.07. The lowest BCUT2D eigenvalue weighted by Crippen LogP contribution is -1.96. The Balaban J connectivity index is 1.73. The minimum absolute atomic E-state index is 0.332. The Morgan fingerprint density at radius 1 is 1.00 bits per heavy atom. The summed E-state index contributed by atoms with van der Waals surface area (Å²) in [6.07, 6.45) is 11.5. The van der Waals surface area contributed by atoms with E-state index in [-0.39, 0.29) is 6.10 Å². The van der Waals surface area contributed by atoms with Crippen LogP contribution >= 0.6 is 0 Å².